The smallest absolute Gasteiger partial charge is 0.258 e. The highest BCUT2D eigenvalue weighted by atomic mass is 16.5. The summed E-state index contributed by atoms with van der Waals surface area (Å²) in [5.74, 6) is 2.25. The SMILES string of the molecule is COc1ccc(CN(Cc2cc3cccc(C)c3nc2N2CCC[C@H](O)C2)C(=O)c2cccc(OC)c2OC)cc1. The molecule has 1 atom stereocenters. The van der Waals surface area contributed by atoms with Crippen LogP contribution in [0.3, 0.4) is 0 Å². The lowest BCUT2D eigenvalue weighted by atomic mass is 10.0. The molecule has 8 heteroatoms. The summed E-state index contributed by atoms with van der Waals surface area (Å²) in [6.07, 6.45) is 1.24. The highest BCUT2D eigenvalue weighted by Gasteiger charge is 2.27. The predicted molar refractivity (Wildman–Crippen MR) is 160 cm³/mol. The van der Waals surface area contributed by atoms with Crippen LogP contribution in [0.2, 0.25) is 0 Å². The molecule has 2 heterocycles. The second kappa shape index (κ2) is 12.5. The molecule has 1 aliphatic heterocycles. The van der Waals surface area contributed by atoms with Crippen molar-refractivity contribution in [2.24, 2.45) is 0 Å². The topological polar surface area (TPSA) is 84.4 Å². The number of hydrogen-bond donors (Lipinski definition) is 1. The number of fused-ring (bicyclic) bond motifs is 1. The minimum Gasteiger partial charge on any atom is -0.497 e. The van der Waals surface area contributed by atoms with E-state index in [9.17, 15) is 9.90 Å². The number of methoxy groups -OCH3 is 3. The third-order valence-corrected chi connectivity index (χ3v) is 7.61. The highest BCUT2D eigenvalue weighted by Crippen LogP contribution is 2.34. The number of hydrogen-bond acceptors (Lipinski definition) is 7. The first-order chi connectivity index (χ1) is 19.9. The number of aryl methyl sites for hydroxylation is 1. The molecule has 0 unspecified atom stereocenters. The molecule has 0 saturated carbocycles. The van der Waals surface area contributed by atoms with Gasteiger partial charge in [-0.3, -0.25) is 4.79 Å². The lowest BCUT2D eigenvalue weighted by Gasteiger charge is -2.34. The van der Waals surface area contributed by atoms with Gasteiger partial charge in [-0.15, -0.1) is 0 Å². The Balaban J connectivity index is 1.60. The Bertz CT molecular complexity index is 1520. The predicted octanol–water partition coefficient (Wildman–Crippen LogP) is 5.37. The second-order valence-corrected chi connectivity index (χ2v) is 10.4. The van der Waals surface area contributed by atoms with Gasteiger partial charge < -0.3 is 29.1 Å². The Morgan fingerprint density at radius 3 is 2.49 bits per heavy atom. The summed E-state index contributed by atoms with van der Waals surface area (Å²) in [6, 6.07) is 21.3. The number of pyridine rings is 1. The van der Waals surface area contributed by atoms with Gasteiger partial charge in [0, 0.05) is 37.1 Å². The number of carbonyl (C=O) groups excluding carboxylic acids is 1. The molecule has 1 saturated heterocycles. The molecule has 1 aromatic heterocycles. The van der Waals surface area contributed by atoms with Gasteiger partial charge in [-0.25, -0.2) is 4.98 Å². The maximum absolute atomic E-state index is 14.3. The number of rotatable bonds is 9. The van der Waals surface area contributed by atoms with Crippen molar-refractivity contribution in [3.8, 4) is 17.2 Å². The molecule has 0 aliphatic carbocycles. The summed E-state index contributed by atoms with van der Waals surface area (Å²) in [5, 5.41) is 11.5. The Kier molecular flexibility index (Phi) is 8.59. The number of aromatic nitrogens is 1. The average molecular weight is 556 g/mol. The molecule has 8 nitrogen and oxygen atoms in total. The molecule has 1 amide bonds. The van der Waals surface area contributed by atoms with Crippen molar-refractivity contribution in [3.05, 3.63) is 89.0 Å². The normalized spacial score (nSPS) is 15.0. The minimum atomic E-state index is -0.413. The fourth-order valence-corrected chi connectivity index (χ4v) is 5.50. The van der Waals surface area contributed by atoms with Gasteiger partial charge in [-0.05, 0) is 61.2 Å². The first kappa shape index (κ1) is 28.2. The summed E-state index contributed by atoms with van der Waals surface area (Å²) >= 11 is 0. The number of β-amino-alcohol motifs (C(OH)–C–C–N with tert-alkyl or cyclic N) is 1. The van der Waals surface area contributed by atoms with Crippen LogP contribution in [0.25, 0.3) is 10.9 Å². The lowest BCUT2D eigenvalue weighted by molar-refractivity contribution is 0.0725. The Labute approximate surface area is 241 Å². The van der Waals surface area contributed by atoms with Crippen molar-refractivity contribution in [2.45, 2.75) is 39.0 Å². The number of nitrogens with zero attached hydrogens (tertiary/aromatic N) is 3. The van der Waals surface area contributed by atoms with E-state index in [-0.39, 0.29) is 5.91 Å². The maximum atomic E-state index is 14.3. The van der Waals surface area contributed by atoms with Crippen molar-refractivity contribution in [2.75, 3.05) is 39.3 Å². The summed E-state index contributed by atoms with van der Waals surface area (Å²) in [5.41, 5.74) is 4.30. The minimum absolute atomic E-state index is 0.189. The van der Waals surface area contributed by atoms with E-state index in [0.717, 1.165) is 58.5 Å². The van der Waals surface area contributed by atoms with Crippen LogP contribution in [0.1, 0.15) is 39.9 Å². The van der Waals surface area contributed by atoms with E-state index in [0.29, 0.717) is 36.7 Å². The molecule has 1 N–H and O–H groups in total. The van der Waals surface area contributed by atoms with E-state index in [1.807, 2.05) is 41.3 Å². The number of aliphatic hydroxyl groups is 1. The first-order valence-corrected chi connectivity index (χ1v) is 13.9. The van der Waals surface area contributed by atoms with E-state index in [2.05, 4.69) is 24.0 Å². The largest absolute Gasteiger partial charge is 0.497 e. The molecule has 0 radical (unpaired) electrons. The van der Waals surface area contributed by atoms with Crippen molar-refractivity contribution >= 4 is 22.6 Å². The molecule has 214 valence electrons. The molecule has 1 aliphatic rings. The number of ether oxygens (including phenoxy) is 3. The van der Waals surface area contributed by atoms with Gasteiger partial charge in [-0.2, -0.15) is 0 Å². The van der Waals surface area contributed by atoms with E-state index in [1.54, 1.807) is 32.4 Å². The summed E-state index contributed by atoms with van der Waals surface area (Å²) in [4.78, 5) is 23.4. The van der Waals surface area contributed by atoms with Gasteiger partial charge in [-0.1, -0.05) is 36.4 Å². The van der Waals surface area contributed by atoms with Gasteiger partial charge in [0.15, 0.2) is 11.5 Å². The van der Waals surface area contributed by atoms with Crippen LogP contribution in [0, 0.1) is 6.92 Å². The summed E-state index contributed by atoms with van der Waals surface area (Å²) in [7, 11) is 4.73. The molecule has 5 rings (SSSR count). The van der Waals surface area contributed by atoms with Gasteiger partial charge >= 0.3 is 0 Å². The summed E-state index contributed by atoms with van der Waals surface area (Å²) in [6.45, 7) is 4.03. The van der Waals surface area contributed by atoms with E-state index in [4.69, 9.17) is 19.2 Å². The van der Waals surface area contributed by atoms with Crippen molar-refractivity contribution < 1.29 is 24.1 Å². The number of piperidine rings is 1. The highest BCUT2D eigenvalue weighted by molar-refractivity contribution is 5.98. The Morgan fingerprint density at radius 1 is 1.00 bits per heavy atom. The van der Waals surface area contributed by atoms with Crippen LogP contribution >= 0.6 is 0 Å². The Morgan fingerprint density at radius 2 is 1.78 bits per heavy atom. The molecular formula is C33H37N3O5. The van der Waals surface area contributed by atoms with Crippen LogP contribution in [0.5, 0.6) is 17.2 Å². The molecule has 4 aromatic rings. The molecule has 1 fully saturated rings. The number of amides is 1. The van der Waals surface area contributed by atoms with Crippen LogP contribution in [-0.2, 0) is 13.1 Å². The maximum Gasteiger partial charge on any atom is 0.258 e. The molecule has 3 aromatic carbocycles. The zero-order chi connectivity index (χ0) is 28.9. The quantitative estimate of drug-likeness (QED) is 0.297. The number of carbonyl (C=O) groups is 1. The lowest BCUT2D eigenvalue weighted by Crippen LogP contribution is -2.40. The van der Waals surface area contributed by atoms with E-state index < -0.39 is 6.10 Å². The van der Waals surface area contributed by atoms with Gasteiger partial charge in [0.2, 0.25) is 0 Å². The number of anilines is 1. The third-order valence-electron chi connectivity index (χ3n) is 7.61. The number of benzene rings is 3. The monoisotopic (exact) mass is 555 g/mol. The zero-order valence-corrected chi connectivity index (χ0v) is 24.1. The van der Waals surface area contributed by atoms with Crippen LogP contribution in [0.15, 0.2) is 66.7 Å². The van der Waals surface area contributed by atoms with Crippen LogP contribution in [-0.4, -0.2) is 61.4 Å². The van der Waals surface area contributed by atoms with Gasteiger partial charge in [0.25, 0.3) is 5.91 Å². The van der Waals surface area contributed by atoms with Gasteiger partial charge in [0.1, 0.15) is 11.6 Å². The first-order valence-electron chi connectivity index (χ1n) is 13.9. The third kappa shape index (κ3) is 6.07. The van der Waals surface area contributed by atoms with Crippen molar-refractivity contribution in [1.82, 2.24) is 9.88 Å². The number of para-hydroxylation sites is 2. The van der Waals surface area contributed by atoms with E-state index in [1.165, 1.54) is 7.11 Å². The molecular weight excluding hydrogens is 518 g/mol. The average Bonchev–Trinajstić information content (AvgIpc) is 3.00. The fraction of sp³-hybridized carbons (Fsp3) is 0.333. The molecule has 0 spiro atoms. The number of aliphatic hydroxyl groups excluding tert-OH is 1. The molecule has 0 bridgehead atoms. The molecule has 41 heavy (non-hydrogen) atoms. The van der Waals surface area contributed by atoms with E-state index >= 15 is 0 Å². The van der Waals surface area contributed by atoms with Crippen LogP contribution < -0.4 is 19.1 Å². The van der Waals surface area contributed by atoms with Crippen LogP contribution in [0.4, 0.5) is 5.82 Å². The van der Waals surface area contributed by atoms with Crippen molar-refractivity contribution in [1.29, 1.82) is 0 Å². The van der Waals surface area contributed by atoms with Crippen molar-refractivity contribution in [3.63, 3.8) is 0 Å². The fourth-order valence-electron chi connectivity index (χ4n) is 5.50. The second-order valence-electron chi connectivity index (χ2n) is 10.4. The van der Waals surface area contributed by atoms with Gasteiger partial charge in [0.05, 0.1) is 38.5 Å². The zero-order valence-electron chi connectivity index (χ0n) is 24.1. The summed E-state index contributed by atoms with van der Waals surface area (Å²) < 4.78 is 16.5. The Hall–Kier alpha value is -4.30. The standard InChI is InChI=1S/C33H37N3O5/c1-22-8-5-9-24-18-25(32(34-30(22)24)35-17-7-10-26(37)21-35)20-36(19-23-13-15-27(39-2)16-14-23)33(38)28-11-6-12-29(40-3)31(28)41-4/h5-6,8-9,11-16,18,26,37H,7,10,17,19-21H2,1-4H3/t26-/m0/s1.